The van der Waals surface area contributed by atoms with E-state index in [9.17, 15) is 0 Å². The van der Waals surface area contributed by atoms with Gasteiger partial charge in [0.05, 0.1) is 12.2 Å². The summed E-state index contributed by atoms with van der Waals surface area (Å²) in [6.45, 7) is 10.0. The van der Waals surface area contributed by atoms with E-state index in [4.69, 9.17) is 4.98 Å². The third-order valence-corrected chi connectivity index (χ3v) is 6.67. The van der Waals surface area contributed by atoms with Crippen LogP contribution in [0.4, 0.5) is 0 Å². The first kappa shape index (κ1) is 16.2. The van der Waals surface area contributed by atoms with Gasteiger partial charge in [0.2, 0.25) is 0 Å². The zero-order chi connectivity index (χ0) is 16.5. The molecule has 5 rings (SSSR count). The Kier molecular flexibility index (Phi) is 4.66. The minimum Gasteiger partial charge on any atom is -0.302 e. The van der Waals surface area contributed by atoms with Gasteiger partial charge in [0.1, 0.15) is 5.01 Å². The second kappa shape index (κ2) is 6.90. The van der Waals surface area contributed by atoms with Gasteiger partial charge in [-0.1, -0.05) is 6.07 Å². The molecule has 0 unspecified atom stereocenters. The zero-order valence-corrected chi connectivity index (χ0v) is 15.4. The van der Waals surface area contributed by atoms with E-state index in [1.165, 1.54) is 53.6 Å². The average Bonchev–Trinajstić information content (AvgIpc) is 2.94. The first-order valence-electron chi connectivity index (χ1n) is 8.97. The van der Waals surface area contributed by atoms with Crippen LogP contribution < -0.4 is 0 Å². The molecule has 5 heteroatoms. The number of aromatic nitrogens is 2. The Balaban J connectivity index is 1.56. The van der Waals surface area contributed by atoms with Crippen molar-refractivity contribution >= 4 is 11.3 Å². The molecule has 0 N–H and O–H groups in total. The molecule has 2 bridgehead atoms. The maximum Gasteiger partial charge on any atom is 0.107 e. The Morgan fingerprint density at radius 3 is 2.67 bits per heavy atom. The first-order chi connectivity index (χ1) is 11.7. The van der Waals surface area contributed by atoms with Crippen molar-refractivity contribution in [1.82, 2.24) is 19.8 Å². The Morgan fingerprint density at radius 1 is 1.25 bits per heavy atom. The summed E-state index contributed by atoms with van der Waals surface area (Å²) < 4.78 is 0. The molecule has 0 aliphatic carbocycles. The van der Waals surface area contributed by atoms with E-state index < -0.39 is 0 Å². The van der Waals surface area contributed by atoms with Crippen molar-refractivity contribution in [3.63, 3.8) is 0 Å². The number of piperidine rings is 3. The van der Waals surface area contributed by atoms with Crippen molar-refractivity contribution in [1.29, 1.82) is 0 Å². The molecule has 3 saturated heterocycles. The predicted octanol–water partition coefficient (Wildman–Crippen LogP) is 3.25. The van der Waals surface area contributed by atoms with Gasteiger partial charge >= 0.3 is 0 Å². The van der Waals surface area contributed by atoms with Gasteiger partial charge in [-0.15, -0.1) is 11.3 Å². The molecule has 2 aromatic rings. The van der Waals surface area contributed by atoms with Crippen LogP contribution in [0.2, 0.25) is 0 Å². The molecule has 0 saturated carbocycles. The molecular formula is C19H26N4S. The fraction of sp³-hybridized carbons (Fsp3) is 0.579. The van der Waals surface area contributed by atoms with Crippen molar-refractivity contribution in [3.05, 3.63) is 45.7 Å². The van der Waals surface area contributed by atoms with Crippen LogP contribution in [0.3, 0.4) is 0 Å². The van der Waals surface area contributed by atoms with Crippen LogP contribution in [0.1, 0.15) is 34.0 Å². The summed E-state index contributed by atoms with van der Waals surface area (Å²) in [7, 11) is 0. The minimum atomic E-state index is 0.650. The van der Waals surface area contributed by atoms with Gasteiger partial charge in [0.15, 0.2) is 0 Å². The molecule has 4 nitrogen and oxygen atoms in total. The van der Waals surface area contributed by atoms with E-state index in [0.717, 1.165) is 19.0 Å². The summed E-state index contributed by atoms with van der Waals surface area (Å²) in [5.41, 5.74) is 2.49. The fourth-order valence-corrected chi connectivity index (χ4v) is 5.10. The van der Waals surface area contributed by atoms with Crippen molar-refractivity contribution in [2.45, 2.75) is 45.8 Å². The summed E-state index contributed by atoms with van der Waals surface area (Å²) in [6, 6.07) is 4.89. The number of hydrogen-bond acceptors (Lipinski definition) is 5. The molecule has 24 heavy (non-hydrogen) atoms. The van der Waals surface area contributed by atoms with Gasteiger partial charge in [-0.3, -0.25) is 9.88 Å². The van der Waals surface area contributed by atoms with E-state index in [-0.39, 0.29) is 0 Å². The lowest BCUT2D eigenvalue weighted by molar-refractivity contribution is -0.00267. The second-order valence-electron chi connectivity index (χ2n) is 7.22. The quantitative estimate of drug-likeness (QED) is 0.835. The van der Waals surface area contributed by atoms with Crippen LogP contribution in [-0.4, -0.2) is 45.4 Å². The molecular weight excluding hydrogens is 316 g/mol. The van der Waals surface area contributed by atoms with Gasteiger partial charge < -0.3 is 4.90 Å². The number of pyridine rings is 1. The zero-order valence-electron chi connectivity index (χ0n) is 14.6. The molecule has 0 aromatic carbocycles. The third-order valence-electron chi connectivity index (χ3n) is 5.61. The van der Waals surface area contributed by atoms with Gasteiger partial charge in [0, 0.05) is 36.4 Å². The molecule has 1 atom stereocenters. The number of thiazole rings is 1. The third kappa shape index (κ3) is 3.39. The lowest BCUT2D eigenvalue weighted by Crippen LogP contribution is -2.56. The molecule has 128 valence electrons. The van der Waals surface area contributed by atoms with Gasteiger partial charge in [-0.2, -0.15) is 0 Å². The molecule has 3 fully saturated rings. The highest BCUT2D eigenvalue weighted by Crippen LogP contribution is 2.33. The second-order valence-corrected chi connectivity index (χ2v) is 8.51. The Hall–Kier alpha value is -1.30. The SMILES string of the molecule is Cc1nc(CN(Cc2cccnc2)[C@H]2CN3CCC2CC3)sc1C. The topological polar surface area (TPSA) is 32.3 Å². The monoisotopic (exact) mass is 342 g/mol. The predicted molar refractivity (Wildman–Crippen MR) is 98.0 cm³/mol. The van der Waals surface area contributed by atoms with Crippen LogP contribution in [0.5, 0.6) is 0 Å². The largest absolute Gasteiger partial charge is 0.302 e. The van der Waals surface area contributed by atoms with Crippen LogP contribution in [0, 0.1) is 19.8 Å². The summed E-state index contributed by atoms with van der Waals surface area (Å²) >= 11 is 1.86. The van der Waals surface area contributed by atoms with Gasteiger partial charge in [0.25, 0.3) is 0 Å². The smallest absolute Gasteiger partial charge is 0.107 e. The number of rotatable bonds is 5. The number of hydrogen-bond donors (Lipinski definition) is 0. The van der Waals surface area contributed by atoms with Crippen LogP contribution >= 0.6 is 11.3 Å². The molecule has 3 aliphatic heterocycles. The van der Waals surface area contributed by atoms with Crippen molar-refractivity contribution in [2.75, 3.05) is 19.6 Å². The lowest BCUT2D eigenvalue weighted by atomic mass is 9.83. The van der Waals surface area contributed by atoms with E-state index in [1.54, 1.807) is 0 Å². The van der Waals surface area contributed by atoms with Gasteiger partial charge in [-0.25, -0.2) is 4.98 Å². The highest BCUT2D eigenvalue weighted by atomic mass is 32.1. The summed E-state index contributed by atoms with van der Waals surface area (Å²) in [6.07, 6.45) is 6.57. The normalized spacial score (nSPS) is 26.2. The summed E-state index contributed by atoms with van der Waals surface area (Å²) in [5, 5.41) is 1.25. The van der Waals surface area contributed by atoms with Crippen LogP contribution in [-0.2, 0) is 13.1 Å². The highest BCUT2D eigenvalue weighted by Gasteiger charge is 2.37. The molecule has 3 aliphatic rings. The fourth-order valence-electron chi connectivity index (χ4n) is 4.14. The van der Waals surface area contributed by atoms with Gasteiger partial charge in [-0.05, 0) is 57.3 Å². The number of nitrogens with zero attached hydrogens (tertiary/aromatic N) is 4. The van der Waals surface area contributed by atoms with Crippen LogP contribution in [0.25, 0.3) is 0 Å². The Labute approximate surface area is 148 Å². The molecule has 0 radical (unpaired) electrons. The minimum absolute atomic E-state index is 0.650. The molecule has 0 spiro atoms. The maximum absolute atomic E-state index is 4.80. The number of fused-ring (bicyclic) bond motifs is 3. The summed E-state index contributed by atoms with van der Waals surface area (Å²) in [5.74, 6) is 0.842. The first-order valence-corrected chi connectivity index (χ1v) is 9.79. The Morgan fingerprint density at radius 2 is 2.08 bits per heavy atom. The molecule has 0 amide bonds. The van der Waals surface area contributed by atoms with E-state index in [1.807, 2.05) is 29.8 Å². The standard InChI is InChI=1S/C19H26N4S/c1-14-15(2)24-19(21-14)13-23(11-16-4-3-7-20-10-16)18-12-22-8-5-17(18)6-9-22/h3-4,7,10,17-18H,5-6,8-9,11-13H2,1-2H3/t18-/m0/s1. The highest BCUT2D eigenvalue weighted by molar-refractivity contribution is 7.11. The van der Waals surface area contributed by atoms with E-state index in [0.29, 0.717) is 6.04 Å². The molecule has 2 aromatic heterocycles. The van der Waals surface area contributed by atoms with Crippen LogP contribution in [0.15, 0.2) is 24.5 Å². The average molecular weight is 343 g/mol. The lowest BCUT2D eigenvalue weighted by Gasteiger charge is -2.49. The summed E-state index contributed by atoms with van der Waals surface area (Å²) in [4.78, 5) is 15.7. The van der Waals surface area contributed by atoms with E-state index in [2.05, 4.69) is 34.7 Å². The van der Waals surface area contributed by atoms with Crippen molar-refractivity contribution < 1.29 is 0 Å². The van der Waals surface area contributed by atoms with Crippen molar-refractivity contribution in [3.8, 4) is 0 Å². The van der Waals surface area contributed by atoms with E-state index >= 15 is 0 Å². The Bertz CT molecular complexity index is 656. The number of aryl methyl sites for hydroxylation is 2. The molecule has 5 heterocycles. The maximum atomic E-state index is 4.80. The van der Waals surface area contributed by atoms with Crippen molar-refractivity contribution in [2.24, 2.45) is 5.92 Å².